The summed E-state index contributed by atoms with van der Waals surface area (Å²) in [6.45, 7) is 3.12. The van der Waals surface area contributed by atoms with Crippen LogP contribution in [0.4, 0.5) is 5.69 Å². The third-order valence-corrected chi connectivity index (χ3v) is 4.17. The maximum Gasteiger partial charge on any atom is 0.0359 e. The number of nitrogens with two attached hydrogens (primary N) is 1. The Kier molecular flexibility index (Phi) is 4.65. The molecule has 1 aliphatic carbocycles. The van der Waals surface area contributed by atoms with Crippen LogP contribution >= 0.6 is 0 Å². The molecule has 1 aliphatic rings. The number of benzene rings is 1. The van der Waals surface area contributed by atoms with Crippen LogP contribution in [0.1, 0.15) is 49.7 Å². The van der Waals surface area contributed by atoms with Crippen LogP contribution in [0.25, 0.3) is 0 Å². The first-order valence-electron chi connectivity index (χ1n) is 7.22. The number of nitrogen functional groups attached to an aromatic ring is 1. The van der Waals surface area contributed by atoms with E-state index in [-0.39, 0.29) is 0 Å². The van der Waals surface area contributed by atoms with E-state index in [4.69, 9.17) is 5.73 Å². The molecule has 0 amide bonds. The van der Waals surface area contributed by atoms with Gasteiger partial charge >= 0.3 is 0 Å². The predicted octanol–water partition coefficient (Wildman–Crippen LogP) is 3.73. The van der Waals surface area contributed by atoms with E-state index in [0.717, 1.165) is 18.3 Å². The first kappa shape index (κ1) is 13.4. The van der Waals surface area contributed by atoms with E-state index < -0.39 is 0 Å². The first-order valence-corrected chi connectivity index (χ1v) is 7.22. The van der Waals surface area contributed by atoms with Crippen LogP contribution < -0.4 is 5.73 Å². The van der Waals surface area contributed by atoms with E-state index >= 15 is 0 Å². The van der Waals surface area contributed by atoms with Gasteiger partial charge in [-0.3, -0.25) is 4.90 Å². The Morgan fingerprint density at radius 1 is 1.17 bits per heavy atom. The van der Waals surface area contributed by atoms with Gasteiger partial charge in [-0.15, -0.1) is 0 Å². The molecule has 2 heteroatoms. The van der Waals surface area contributed by atoms with Crippen molar-refractivity contribution in [2.24, 2.45) is 0 Å². The van der Waals surface area contributed by atoms with Gasteiger partial charge in [-0.25, -0.2) is 0 Å². The van der Waals surface area contributed by atoms with Gasteiger partial charge in [-0.05, 0) is 38.4 Å². The van der Waals surface area contributed by atoms with E-state index in [1.807, 2.05) is 6.07 Å². The maximum atomic E-state index is 6.07. The van der Waals surface area contributed by atoms with Crippen molar-refractivity contribution in [3.05, 3.63) is 29.3 Å². The summed E-state index contributed by atoms with van der Waals surface area (Å²) >= 11 is 0. The molecule has 1 fully saturated rings. The van der Waals surface area contributed by atoms with E-state index in [1.165, 1.54) is 49.7 Å². The zero-order chi connectivity index (χ0) is 13.0. The highest BCUT2D eigenvalue weighted by Crippen LogP contribution is 2.23. The molecule has 0 aromatic heterocycles. The second kappa shape index (κ2) is 6.24. The smallest absolute Gasteiger partial charge is 0.0359 e. The van der Waals surface area contributed by atoms with E-state index in [1.54, 1.807) is 0 Å². The van der Waals surface area contributed by atoms with Crippen molar-refractivity contribution in [1.82, 2.24) is 4.90 Å². The number of rotatable bonds is 3. The van der Waals surface area contributed by atoms with E-state index in [9.17, 15) is 0 Å². The number of aryl methyl sites for hydroxylation is 1. The number of hydrogen-bond donors (Lipinski definition) is 1. The van der Waals surface area contributed by atoms with E-state index in [2.05, 4.69) is 31.0 Å². The molecule has 1 aromatic carbocycles. The first-order chi connectivity index (χ1) is 8.66. The van der Waals surface area contributed by atoms with Crippen molar-refractivity contribution >= 4 is 5.69 Å². The largest absolute Gasteiger partial charge is 0.398 e. The minimum Gasteiger partial charge on any atom is -0.398 e. The lowest BCUT2D eigenvalue weighted by Crippen LogP contribution is -2.31. The lowest BCUT2D eigenvalue weighted by atomic mass is 10.0. The van der Waals surface area contributed by atoms with Gasteiger partial charge in [0.1, 0.15) is 0 Å². The summed E-state index contributed by atoms with van der Waals surface area (Å²) in [5, 5.41) is 0. The molecule has 18 heavy (non-hydrogen) atoms. The number of hydrogen-bond acceptors (Lipinski definition) is 2. The average molecular weight is 246 g/mol. The van der Waals surface area contributed by atoms with Crippen LogP contribution in [0, 0.1) is 6.92 Å². The molecular weight excluding hydrogens is 220 g/mol. The molecule has 0 heterocycles. The molecule has 0 unspecified atom stereocenters. The molecule has 0 saturated heterocycles. The summed E-state index contributed by atoms with van der Waals surface area (Å²) in [7, 11) is 2.25. The van der Waals surface area contributed by atoms with Gasteiger partial charge in [0.05, 0.1) is 0 Å². The van der Waals surface area contributed by atoms with Gasteiger partial charge in [-0.2, -0.15) is 0 Å². The molecule has 0 spiro atoms. The fourth-order valence-electron chi connectivity index (χ4n) is 2.97. The molecule has 0 radical (unpaired) electrons. The normalized spacial score (nSPS) is 17.9. The van der Waals surface area contributed by atoms with Crippen molar-refractivity contribution in [3.63, 3.8) is 0 Å². The van der Waals surface area contributed by atoms with Crippen molar-refractivity contribution < 1.29 is 0 Å². The molecular formula is C16H26N2. The van der Waals surface area contributed by atoms with Crippen LogP contribution in [0.15, 0.2) is 18.2 Å². The van der Waals surface area contributed by atoms with Crippen LogP contribution in [0.5, 0.6) is 0 Å². The Labute approximate surface area is 111 Å². The Hall–Kier alpha value is -1.02. The minimum atomic E-state index is 0.743. The monoisotopic (exact) mass is 246 g/mol. The standard InChI is InChI=1S/C16H26N2/c1-13-9-10-16(17)14(11-13)12-18(2)15-7-5-3-4-6-8-15/h9-11,15H,3-8,12,17H2,1-2H3. The third-order valence-electron chi connectivity index (χ3n) is 4.17. The van der Waals surface area contributed by atoms with Crippen LogP contribution in [0.3, 0.4) is 0 Å². The van der Waals surface area contributed by atoms with Gasteiger partial charge in [0, 0.05) is 18.3 Å². The maximum absolute atomic E-state index is 6.07. The second-order valence-electron chi connectivity index (χ2n) is 5.76. The zero-order valence-corrected chi connectivity index (χ0v) is 11.8. The van der Waals surface area contributed by atoms with Crippen LogP contribution in [-0.4, -0.2) is 18.0 Å². The molecule has 0 bridgehead atoms. The van der Waals surface area contributed by atoms with Crippen LogP contribution in [-0.2, 0) is 6.54 Å². The number of nitrogens with zero attached hydrogens (tertiary/aromatic N) is 1. The predicted molar refractivity (Wildman–Crippen MR) is 78.5 cm³/mol. The molecule has 2 N–H and O–H groups in total. The second-order valence-corrected chi connectivity index (χ2v) is 5.76. The van der Waals surface area contributed by atoms with Crippen molar-refractivity contribution in [2.75, 3.05) is 12.8 Å². The molecule has 2 rings (SSSR count). The molecule has 1 saturated carbocycles. The van der Waals surface area contributed by atoms with Gasteiger partial charge in [0.25, 0.3) is 0 Å². The molecule has 0 aliphatic heterocycles. The zero-order valence-electron chi connectivity index (χ0n) is 11.8. The van der Waals surface area contributed by atoms with Gasteiger partial charge in [0.15, 0.2) is 0 Å². The molecule has 100 valence electrons. The lowest BCUT2D eigenvalue weighted by Gasteiger charge is -2.27. The Morgan fingerprint density at radius 3 is 2.50 bits per heavy atom. The molecule has 0 atom stereocenters. The lowest BCUT2D eigenvalue weighted by molar-refractivity contribution is 0.213. The Bertz CT molecular complexity index is 379. The Balaban J connectivity index is 2.00. The molecule has 1 aromatic rings. The van der Waals surface area contributed by atoms with Gasteiger partial charge in [0.2, 0.25) is 0 Å². The summed E-state index contributed by atoms with van der Waals surface area (Å²) in [5.74, 6) is 0. The summed E-state index contributed by atoms with van der Waals surface area (Å²) in [6, 6.07) is 7.09. The summed E-state index contributed by atoms with van der Waals surface area (Å²) in [5.41, 5.74) is 9.58. The van der Waals surface area contributed by atoms with Crippen molar-refractivity contribution in [2.45, 2.75) is 58.0 Å². The Morgan fingerprint density at radius 2 is 1.83 bits per heavy atom. The quantitative estimate of drug-likeness (QED) is 0.650. The fourth-order valence-corrected chi connectivity index (χ4v) is 2.97. The third kappa shape index (κ3) is 3.49. The average Bonchev–Trinajstić information content (AvgIpc) is 2.62. The minimum absolute atomic E-state index is 0.743. The van der Waals surface area contributed by atoms with Gasteiger partial charge < -0.3 is 5.73 Å². The van der Waals surface area contributed by atoms with Crippen LogP contribution in [0.2, 0.25) is 0 Å². The summed E-state index contributed by atoms with van der Waals surface area (Å²) in [6.07, 6.45) is 8.30. The summed E-state index contributed by atoms with van der Waals surface area (Å²) < 4.78 is 0. The highest BCUT2D eigenvalue weighted by molar-refractivity contribution is 5.48. The van der Waals surface area contributed by atoms with Gasteiger partial charge in [-0.1, -0.05) is 43.4 Å². The highest BCUT2D eigenvalue weighted by atomic mass is 15.1. The SMILES string of the molecule is Cc1ccc(N)c(CN(C)C2CCCCCC2)c1. The number of anilines is 1. The van der Waals surface area contributed by atoms with E-state index in [0.29, 0.717) is 0 Å². The summed E-state index contributed by atoms with van der Waals surface area (Å²) in [4.78, 5) is 2.50. The fraction of sp³-hybridized carbons (Fsp3) is 0.625. The molecule has 2 nitrogen and oxygen atoms in total. The van der Waals surface area contributed by atoms with Crippen molar-refractivity contribution in [1.29, 1.82) is 0 Å². The highest BCUT2D eigenvalue weighted by Gasteiger charge is 2.17. The van der Waals surface area contributed by atoms with Crippen molar-refractivity contribution in [3.8, 4) is 0 Å². The topological polar surface area (TPSA) is 29.3 Å².